The van der Waals surface area contributed by atoms with Crippen molar-refractivity contribution in [3.05, 3.63) is 66.7 Å². The van der Waals surface area contributed by atoms with Crippen LogP contribution in [0.3, 0.4) is 0 Å². The Morgan fingerprint density at radius 2 is 1.89 bits per heavy atom. The van der Waals surface area contributed by atoms with Crippen molar-refractivity contribution >= 4 is 22.4 Å². The quantitative estimate of drug-likeness (QED) is 0.361. The van der Waals surface area contributed by atoms with Gasteiger partial charge in [-0.05, 0) is 51.0 Å². The van der Waals surface area contributed by atoms with E-state index in [9.17, 15) is 0 Å². The summed E-state index contributed by atoms with van der Waals surface area (Å²) in [5.41, 5.74) is 13.8. The fraction of sp³-hybridized carbons (Fsp3) is 0.296. The standard InChI is InChI=1S/C27H27N9O2/c1-16-11-22(33-38-16)17(2)34-15-30-21-4-3-18(12-25(21)34)24-13-20(26-27(28)29-14-32-36(24)26)23-5-8-31-35(23)19-6-9-37-10-7-19/h3-5,8,11-15,17,19H,6-7,9-10H2,1-2H3,(H2,28,29,32). The highest BCUT2D eigenvalue weighted by atomic mass is 16.5. The Balaban J connectivity index is 1.38. The number of nitrogens with zero attached hydrogens (tertiary/aromatic N) is 8. The van der Waals surface area contributed by atoms with Gasteiger partial charge in [-0.2, -0.15) is 10.2 Å². The second kappa shape index (κ2) is 8.80. The summed E-state index contributed by atoms with van der Waals surface area (Å²) in [6.07, 6.45) is 7.01. The first-order valence-electron chi connectivity index (χ1n) is 12.7. The number of hydrogen-bond acceptors (Lipinski definition) is 8. The number of benzene rings is 1. The molecule has 11 nitrogen and oxygen atoms in total. The third-order valence-corrected chi connectivity index (χ3v) is 7.43. The molecule has 0 aliphatic carbocycles. The van der Waals surface area contributed by atoms with Crippen LogP contribution in [0.25, 0.3) is 39.1 Å². The first kappa shape index (κ1) is 22.7. The molecule has 1 aliphatic heterocycles. The van der Waals surface area contributed by atoms with Crippen LogP contribution < -0.4 is 5.73 Å². The zero-order chi connectivity index (χ0) is 25.8. The summed E-state index contributed by atoms with van der Waals surface area (Å²) >= 11 is 0. The van der Waals surface area contributed by atoms with Gasteiger partial charge in [-0.1, -0.05) is 11.2 Å². The topological polar surface area (TPSA) is 127 Å². The van der Waals surface area contributed by atoms with Crippen molar-refractivity contribution < 1.29 is 9.26 Å². The van der Waals surface area contributed by atoms with Gasteiger partial charge in [0.1, 0.15) is 23.3 Å². The zero-order valence-corrected chi connectivity index (χ0v) is 21.2. The SMILES string of the molecule is Cc1cc(C(C)n2cnc3ccc(-c4cc(-c5ccnn5C5CCOCC5)c5c(N)ncnn45)cc32)no1. The van der Waals surface area contributed by atoms with Gasteiger partial charge < -0.3 is 19.6 Å². The normalized spacial score (nSPS) is 15.5. The molecule has 1 aliphatic rings. The van der Waals surface area contributed by atoms with Crippen molar-refractivity contribution in [1.29, 1.82) is 0 Å². The maximum Gasteiger partial charge on any atom is 0.152 e. The molecule has 1 aromatic carbocycles. The van der Waals surface area contributed by atoms with Crippen LogP contribution in [0.2, 0.25) is 0 Å². The lowest BCUT2D eigenvalue weighted by Crippen LogP contribution is -2.21. The summed E-state index contributed by atoms with van der Waals surface area (Å²) in [5, 5.41) is 13.5. The molecule has 1 unspecified atom stereocenters. The van der Waals surface area contributed by atoms with Crippen LogP contribution in [0.5, 0.6) is 0 Å². The molecule has 1 saturated heterocycles. The van der Waals surface area contributed by atoms with Gasteiger partial charge in [0, 0.05) is 36.6 Å². The number of nitrogens with two attached hydrogens (primary N) is 1. The lowest BCUT2D eigenvalue weighted by molar-refractivity contribution is 0.0667. The molecule has 0 saturated carbocycles. The molecule has 0 amide bonds. The monoisotopic (exact) mass is 509 g/mol. The van der Waals surface area contributed by atoms with E-state index in [0.29, 0.717) is 5.82 Å². The minimum absolute atomic E-state index is 0.0425. The van der Waals surface area contributed by atoms with Gasteiger partial charge in [-0.25, -0.2) is 14.5 Å². The Labute approximate surface area is 217 Å². The Morgan fingerprint density at radius 3 is 2.71 bits per heavy atom. The van der Waals surface area contributed by atoms with Crippen LogP contribution in [-0.4, -0.2) is 52.3 Å². The third kappa shape index (κ3) is 3.58. The fourth-order valence-electron chi connectivity index (χ4n) is 5.44. The van der Waals surface area contributed by atoms with Crippen LogP contribution in [0.15, 0.2) is 59.8 Å². The maximum atomic E-state index is 6.44. The molecule has 5 aromatic heterocycles. The van der Waals surface area contributed by atoms with Gasteiger partial charge in [0.25, 0.3) is 0 Å². The molecule has 0 spiro atoms. The van der Waals surface area contributed by atoms with Gasteiger partial charge in [-0.15, -0.1) is 0 Å². The molecular formula is C27H27N9O2. The highest BCUT2D eigenvalue weighted by Gasteiger charge is 2.24. The highest BCUT2D eigenvalue weighted by molar-refractivity contribution is 5.92. The van der Waals surface area contributed by atoms with Crippen molar-refractivity contribution in [3.63, 3.8) is 0 Å². The third-order valence-electron chi connectivity index (χ3n) is 7.43. The van der Waals surface area contributed by atoms with Crippen LogP contribution in [-0.2, 0) is 4.74 Å². The van der Waals surface area contributed by atoms with E-state index in [4.69, 9.17) is 15.0 Å². The van der Waals surface area contributed by atoms with E-state index in [1.165, 1.54) is 6.33 Å². The van der Waals surface area contributed by atoms with E-state index in [1.54, 1.807) is 0 Å². The zero-order valence-electron chi connectivity index (χ0n) is 21.2. The highest BCUT2D eigenvalue weighted by Crippen LogP contribution is 2.37. The minimum atomic E-state index is -0.0425. The molecule has 11 heteroatoms. The number of anilines is 1. The maximum absolute atomic E-state index is 6.44. The average molecular weight is 510 g/mol. The van der Waals surface area contributed by atoms with Gasteiger partial charge in [0.05, 0.1) is 40.8 Å². The summed E-state index contributed by atoms with van der Waals surface area (Å²) < 4.78 is 17.0. The van der Waals surface area contributed by atoms with E-state index in [0.717, 1.165) is 76.6 Å². The molecule has 0 bridgehead atoms. The number of nitrogen functional groups attached to an aromatic ring is 1. The van der Waals surface area contributed by atoms with E-state index < -0.39 is 0 Å². The number of hydrogen-bond donors (Lipinski definition) is 1. The number of ether oxygens (including phenoxy) is 1. The van der Waals surface area contributed by atoms with Crippen molar-refractivity contribution in [3.8, 4) is 22.5 Å². The Bertz CT molecular complexity index is 1770. The molecule has 7 rings (SSSR count). The van der Waals surface area contributed by atoms with E-state index in [-0.39, 0.29) is 12.1 Å². The summed E-state index contributed by atoms with van der Waals surface area (Å²) in [5.74, 6) is 1.20. The summed E-state index contributed by atoms with van der Waals surface area (Å²) in [7, 11) is 0. The molecular weight excluding hydrogens is 482 g/mol. The Hall–Kier alpha value is -4.51. The number of aryl methyl sites for hydroxylation is 1. The molecule has 1 atom stereocenters. The summed E-state index contributed by atoms with van der Waals surface area (Å²) in [6.45, 7) is 5.44. The number of fused-ring (bicyclic) bond motifs is 2. The molecule has 6 heterocycles. The predicted octanol–water partition coefficient (Wildman–Crippen LogP) is 4.45. The molecule has 1 fully saturated rings. The van der Waals surface area contributed by atoms with Gasteiger partial charge in [0.2, 0.25) is 0 Å². The number of aromatic nitrogens is 8. The lowest BCUT2D eigenvalue weighted by Gasteiger charge is -2.24. The van der Waals surface area contributed by atoms with Crippen molar-refractivity contribution in [2.24, 2.45) is 0 Å². The van der Waals surface area contributed by atoms with E-state index >= 15 is 0 Å². The smallest absolute Gasteiger partial charge is 0.152 e. The van der Waals surface area contributed by atoms with Crippen molar-refractivity contribution in [2.45, 2.75) is 38.8 Å². The molecule has 6 aromatic rings. The minimum Gasteiger partial charge on any atom is -0.382 e. The Kier molecular flexibility index (Phi) is 5.25. The number of imidazole rings is 1. The van der Waals surface area contributed by atoms with E-state index in [1.807, 2.05) is 42.2 Å². The van der Waals surface area contributed by atoms with Gasteiger partial charge in [-0.3, -0.25) is 4.68 Å². The molecule has 192 valence electrons. The number of rotatable bonds is 5. The average Bonchev–Trinajstić information content (AvgIpc) is 3.73. The largest absolute Gasteiger partial charge is 0.382 e. The lowest BCUT2D eigenvalue weighted by atomic mass is 10.1. The van der Waals surface area contributed by atoms with Crippen LogP contribution in [0, 0.1) is 6.92 Å². The molecule has 0 radical (unpaired) electrons. The second-order valence-electron chi connectivity index (χ2n) is 9.75. The Morgan fingerprint density at radius 1 is 1.03 bits per heavy atom. The van der Waals surface area contributed by atoms with Gasteiger partial charge in [0.15, 0.2) is 5.82 Å². The van der Waals surface area contributed by atoms with Gasteiger partial charge >= 0.3 is 0 Å². The van der Waals surface area contributed by atoms with Crippen LogP contribution >= 0.6 is 0 Å². The summed E-state index contributed by atoms with van der Waals surface area (Å²) in [4.78, 5) is 8.93. The van der Waals surface area contributed by atoms with E-state index in [2.05, 4.69) is 59.7 Å². The molecule has 2 N–H and O–H groups in total. The van der Waals surface area contributed by atoms with Crippen molar-refractivity contribution in [2.75, 3.05) is 18.9 Å². The fourth-order valence-corrected chi connectivity index (χ4v) is 5.44. The first-order chi connectivity index (χ1) is 18.6. The van der Waals surface area contributed by atoms with Crippen LogP contribution in [0.1, 0.15) is 43.3 Å². The van der Waals surface area contributed by atoms with Crippen molar-refractivity contribution in [1.82, 2.24) is 39.1 Å². The predicted molar refractivity (Wildman–Crippen MR) is 141 cm³/mol. The summed E-state index contributed by atoms with van der Waals surface area (Å²) in [6, 6.07) is 12.5. The van der Waals surface area contributed by atoms with Crippen LogP contribution in [0.4, 0.5) is 5.82 Å². The first-order valence-corrected chi connectivity index (χ1v) is 12.7. The second-order valence-corrected chi connectivity index (χ2v) is 9.75. The molecule has 38 heavy (non-hydrogen) atoms.